The first-order valence-electron chi connectivity index (χ1n) is 4.14. The molecule has 1 nitrogen and oxygen atoms in total. The van der Waals surface area contributed by atoms with Gasteiger partial charge in [0.1, 0.15) is 0 Å². The monoisotopic (exact) mass is 183 g/mol. The van der Waals surface area contributed by atoms with Gasteiger partial charge >= 0.3 is 0 Å². The summed E-state index contributed by atoms with van der Waals surface area (Å²) >= 11 is 6.01. The van der Waals surface area contributed by atoms with Crippen molar-refractivity contribution in [2.24, 2.45) is 5.92 Å². The van der Waals surface area contributed by atoms with Crippen LogP contribution in [0.15, 0.2) is 18.2 Å². The first-order chi connectivity index (χ1) is 5.61. The van der Waals surface area contributed by atoms with Gasteiger partial charge in [-0.05, 0) is 24.0 Å². The fourth-order valence-corrected chi connectivity index (χ4v) is 1.40. The zero-order valence-corrected chi connectivity index (χ0v) is 8.23. The van der Waals surface area contributed by atoms with Gasteiger partial charge in [-0.15, -0.1) is 0 Å². The highest BCUT2D eigenvalue weighted by molar-refractivity contribution is 6.33. The van der Waals surface area contributed by atoms with Crippen molar-refractivity contribution in [2.45, 2.75) is 20.3 Å². The number of hydrogen-bond donors (Lipinski definition) is 1. The van der Waals surface area contributed by atoms with Crippen LogP contribution in [0.25, 0.3) is 0 Å². The van der Waals surface area contributed by atoms with E-state index >= 15 is 0 Å². The molecule has 2 heteroatoms. The molecule has 0 radical (unpaired) electrons. The lowest BCUT2D eigenvalue weighted by atomic mass is 10.0. The van der Waals surface area contributed by atoms with E-state index < -0.39 is 0 Å². The average Bonchev–Trinajstić information content (AvgIpc) is 1.98. The van der Waals surface area contributed by atoms with E-state index in [1.54, 1.807) is 0 Å². The summed E-state index contributed by atoms with van der Waals surface area (Å²) in [5.41, 5.74) is 7.49. The molecule has 0 aliphatic rings. The van der Waals surface area contributed by atoms with E-state index in [2.05, 4.69) is 13.8 Å². The Balaban J connectivity index is 2.92. The van der Waals surface area contributed by atoms with Crippen LogP contribution in [0.2, 0.25) is 5.02 Å². The number of benzene rings is 1. The topological polar surface area (TPSA) is 26.0 Å². The second-order valence-corrected chi connectivity index (χ2v) is 3.80. The predicted molar refractivity (Wildman–Crippen MR) is 54.4 cm³/mol. The molecular formula is C10H14ClN. The number of rotatable bonds is 2. The SMILES string of the molecule is CC(C)Cc1cccc(N)c1Cl. The van der Waals surface area contributed by atoms with E-state index in [9.17, 15) is 0 Å². The Morgan fingerprint density at radius 2 is 2.08 bits per heavy atom. The summed E-state index contributed by atoms with van der Waals surface area (Å²) in [7, 11) is 0. The van der Waals surface area contributed by atoms with Crippen LogP contribution >= 0.6 is 11.6 Å². The number of hydrogen-bond acceptors (Lipinski definition) is 1. The molecule has 0 amide bonds. The highest BCUT2D eigenvalue weighted by Crippen LogP contribution is 2.24. The van der Waals surface area contributed by atoms with Crippen molar-refractivity contribution in [3.05, 3.63) is 28.8 Å². The molecule has 0 bridgehead atoms. The van der Waals surface area contributed by atoms with Gasteiger partial charge in [-0.3, -0.25) is 0 Å². The van der Waals surface area contributed by atoms with Crippen molar-refractivity contribution < 1.29 is 0 Å². The molecule has 0 unspecified atom stereocenters. The van der Waals surface area contributed by atoms with Gasteiger partial charge < -0.3 is 5.73 Å². The van der Waals surface area contributed by atoms with Crippen molar-refractivity contribution in [1.29, 1.82) is 0 Å². The molecule has 1 aromatic rings. The molecule has 0 fully saturated rings. The molecule has 0 aliphatic carbocycles. The maximum atomic E-state index is 6.01. The minimum atomic E-state index is 0.615. The van der Waals surface area contributed by atoms with Crippen molar-refractivity contribution in [2.75, 3.05) is 5.73 Å². The minimum Gasteiger partial charge on any atom is -0.398 e. The van der Waals surface area contributed by atoms with E-state index in [4.69, 9.17) is 17.3 Å². The lowest BCUT2D eigenvalue weighted by Crippen LogP contribution is -1.97. The number of anilines is 1. The van der Waals surface area contributed by atoms with Crippen LogP contribution in [0, 0.1) is 5.92 Å². The van der Waals surface area contributed by atoms with Gasteiger partial charge in [0, 0.05) is 0 Å². The summed E-state index contributed by atoms with van der Waals surface area (Å²) in [5, 5.41) is 0.714. The quantitative estimate of drug-likeness (QED) is 0.701. The standard InChI is InChI=1S/C10H14ClN/c1-7(2)6-8-4-3-5-9(12)10(8)11/h3-5,7H,6,12H2,1-2H3. The van der Waals surface area contributed by atoms with Gasteiger partial charge in [0.05, 0.1) is 10.7 Å². The lowest BCUT2D eigenvalue weighted by molar-refractivity contribution is 0.647. The molecule has 1 rings (SSSR count). The normalized spacial score (nSPS) is 10.7. The Morgan fingerprint density at radius 3 is 2.67 bits per heavy atom. The van der Waals surface area contributed by atoms with E-state index in [0.717, 1.165) is 12.0 Å². The molecule has 0 heterocycles. The first kappa shape index (κ1) is 9.40. The van der Waals surface area contributed by atoms with E-state index in [-0.39, 0.29) is 0 Å². The maximum Gasteiger partial charge on any atom is 0.0667 e. The molecule has 12 heavy (non-hydrogen) atoms. The van der Waals surface area contributed by atoms with Crippen molar-refractivity contribution in [3.8, 4) is 0 Å². The van der Waals surface area contributed by atoms with Gasteiger partial charge in [-0.1, -0.05) is 37.6 Å². The van der Waals surface area contributed by atoms with Crippen LogP contribution in [-0.2, 0) is 6.42 Å². The fourth-order valence-electron chi connectivity index (χ4n) is 1.20. The Hall–Kier alpha value is -0.690. The van der Waals surface area contributed by atoms with E-state index in [1.807, 2.05) is 18.2 Å². The van der Waals surface area contributed by atoms with Crippen LogP contribution in [0.5, 0.6) is 0 Å². The summed E-state index contributed by atoms with van der Waals surface area (Å²) in [6.45, 7) is 4.33. The zero-order chi connectivity index (χ0) is 9.14. The second kappa shape index (κ2) is 3.81. The third-order valence-corrected chi connectivity index (χ3v) is 2.20. The van der Waals surface area contributed by atoms with Crippen LogP contribution in [0.1, 0.15) is 19.4 Å². The first-order valence-corrected chi connectivity index (χ1v) is 4.52. The number of nitrogen functional groups attached to an aromatic ring is 1. The summed E-state index contributed by atoms with van der Waals surface area (Å²) in [6.07, 6.45) is 0.990. The number of halogens is 1. The van der Waals surface area contributed by atoms with Crippen LogP contribution in [-0.4, -0.2) is 0 Å². The van der Waals surface area contributed by atoms with Crippen LogP contribution in [0.4, 0.5) is 5.69 Å². The summed E-state index contributed by atoms with van der Waals surface area (Å²) < 4.78 is 0. The second-order valence-electron chi connectivity index (χ2n) is 3.42. The molecule has 0 spiro atoms. The summed E-state index contributed by atoms with van der Waals surface area (Å²) in [5.74, 6) is 0.615. The van der Waals surface area contributed by atoms with Gasteiger partial charge in [0.15, 0.2) is 0 Å². The summed E-state index contributed by atoms with van der Waals surface area (Å²) in [6, 6.07) is 5.80. The average molecular weight is 184 g/mol. The molecule has 0 saturated heterocycles. The van der Waals surface area contributed by atoms with E-state index in [1.165, 1.54) is 0 Å². The highest BCUT2D eigenvalue weighted by atomic mass is 35.5. The zero-order valence-electron chi connectivity index (χ0n) is 7.47. The third kappa shape index (κ3) is 2.15. The van der Waals surface area contributed by atoms with E-state index in [0.29, 0.717) is 16.6 Å². The molecule has 66 valence electrons. The smallest absolute Gasteiger partial charge is 0.0667 e. The molecule has 0 atom stereocenters. The largest absolute Gasteiger partial charge is 0.398 e. The summed E-state index contributed by atoms with van der Waals surface area (Å²) in [4.78, 5) is 0. The molecule has 0 saturated carbocycles. The predicted octanol–water partition coefficient (Wildman–Crippen LogP) is 3.12. The molecule has 0 aromatic heterocycles. The molecular weight excluding hydrogens is 170 g/mol. The Morgan fingerprint density at radius 1 is 1.42 bits per heavy atom. The highest BCUT2D eigenvalue weighted by Gasteiger charge is 2.04. The number of nitrogens with two attached hydrogens (primary N) is 1. The van der Waals surface area contributed by atoms with Gasteiger partial charge in [-0.2, -0.15) is 0 Å². The van der Waals surface area contributed by atoms with Crippen molar-refractivity contribution >= 4 is 17.3 Å². The van der Waals surface area contributed by atoms with Gasteiger partial charge in [-0.25, -0.2) is 0 Å². The molecule has 1 aromatic carbocycles. The fraction of sp³-hybridized carbons (Fsp3) is 0.400. The molecule has 0 aliphatic heterocycles. The van der Waals surface area contributed by atoms with Gasteiger partial charge in [0.2, 0.25) is 0 Å². The van der Waals surface area contributed by atoms with Crippen LogP contribution in [0.3, 0.4) is 0 Å². The third-order valence-electron chi connectivity index (χ3n) is 1.74. The Bertz CT molecular complexity index is 269. The lowest BCUT2D eigenvalue weighted by Gasteiger charge is -2.08. The Kier molecular flexibility index (Phi) is 2.99. The Labute approximate surface area is 78.5 Å². The van der Waals surface area contributed by atoms with Crippen molar-refractivity contribution in [3.63, 3.8) is 0 Å². The maximum absolute atomic E-state index is 6.01. The van der Waals surface area contributed by atoms with Gasteiger partial charge in [0.25, 0.3) is 0 Å². The van der Waals surface area contributed by atoms with Crippen LogP contribution < -0.4 is 5.73 Å². The minimum absolute atomic E-state index is 0.615. The van der Waals surface area contributed by atoms with Crippen molar-refractivity contribution in [1.82, 2.24) is 0 Å². The molecule has 2 N–H and O–H groups in total.